The molecule has 0 heterocycles. The van der Waals surface area contributed by atoms with E-state index < -0.39 is 0 Å². The maximum Gasteiger partial charge on any atom is 0.0719 e. The number of fused-ring (bicyclic) bond motifs is 3. The van der Waals surface area contributed by atoms with Crippen LogP contribution < -0.4 is 0 Å². The van der Waals surface area contributed by atoms with E-state index in [1.807, 2.05) is 0 Å². The summed E-state index contributed by atoms with van der Waals surface area (Å²) in [5.41, 5.74) is 16.9. The molecular weight excluding hydrogens is 492 g/mol. The van der Waals surface area contributed by atoms with Crippen LogP contribution in [0.3, 0.4) is 0 Å². The zero-order chi connectivity index (χ0) is 29.0. The molecule has 0 radical (unpaired) electrons. The first-order valence-electron chi connectivity index (χ1n) is 16.3. The molecule has 0 nitrogen and oxygen atoms in total. The molecule has 41 heavy (non-hydrogen) atoms. The monoisotopic (exact) mass is 542 g/mol. The molecule has 0 aliphatic heterocycles. The maximum atomic E-state index is 2.51. The van der Waals surface area contributed by atoms with Crippen molar-refractivity contribution in [2.75, 3.05) is 0 Å². The van der Waals surface area contributed by atoms with Gasteiger partial charge in [0.15, 0.2) is 0 Å². The van der Waals surface area contributed by atoms with Crippen LogP contribution in [0.5, 0.6) is 0 Å². The van der Waals surface area contributed by atoms with Gasteiger partial charge in [0.05, 0.1) is 5.41 Å². The molecule has 0 saturated heterocycles. The summed E-state index contributed by atoms with van der Waals surface area (Å²) in [5, 5.41) is 0. The SMILES string of the molecule is CCCCCCc1cc(C)ccc1C1(c2ccc(C)cc2CCCCCC)c2cc(C)ccc2-c2ccc(C)cc21. The Labute approximate surface area is 250 Å². The molecule has 0 saturated carbocycles. The van der Waals surface area contributed by atoms with Crippen molar-refractivity contribution in [1.82, 2.24) is 0 Å². The predicted molar refractivity (Wildman–Crippen MR) is 178 cm³/mol. The van der Waals surface area contributed by atoms with E-state index in [2.05, 4.69) is 114 Å². The molecule has 0 amide bonds. The number of rotatable bonds is 12. The molecule has 5 rings (SSSR count). The molecule has 4 aromatic rings. The normalized spacial score (nSPS) is 13.3. The van der Waals surface area contributed by atoms with E-state index in [9.17, 15) is 0 Å². The van der Waals surface area contributed by atoms with Gasteiger partial charge in [-0.25, -0.2) is 0 Å². The third kappa shape index (κ3) is 5.68. The van der Waals surface area contributed by atoms with E-state index in [0.717, 1.165) is 12.8 Å². The van der Waals surface area contributed by atoms with Gasteiger partial charge in [0.1, 0.15) is 0 Å². The Kier molecular flexibility index (Phi) is 9.18. The molecule has 0 heteroatoms. The van der Waals surface area contributed by atoms with E-state index in [1.165, 1.54) is 118 Å². The van der Waals surface area contributed by atoms with Crippen molar-refractivity contribution < 1.29 is 0 Å². The van der Waals surface area contributed by atoms with Crippen LogP contribution in [0, 0.1) is 27.7 Å². The average molecular weight is 543 g/mol. The number of hydrogen-bond acceptors (Lipinski definition) is 0. The fraction of sp³-hybridized carbons (Fsp3) is 0.415. The fourth-order valence-corrected chi connectivity index (χ4v) is 7.35. The Hall–Kier alpha value is -3.12. The summed E-state index contributed by atoms with van der Waals surface area (Å²) < 4.78 is 0. The summed E-state index contributed by atoms with van der Waals surface area (Å²) in [4.78, 5) is 0. The van der Waals surface area contributed by atoms with Crippen molar-refractivity contribution in [3.05, 3.63) is 128 Å². The van der Waals surface area contributed by atoms with Gasteiger partial charge in [-0.1, -0.05) is 147 Å². The van der Waals surface area contributed by atoms with Crippen molar-refractivity contribution in [2.45, 2.75) is 111 Å². The van der Waals surface area contributed by atoms with Crippen LogP contribution in [0.1, 0.15) is 121 Å². The predicted octanol–water partition coefficient (Wildman–Crippen LogP) is 11.5. The second-order valence-electron chi connectivity index (χ2n) is 12.8. The van der Waals surface area contributed by atoms with Crippen molar-refractivity contribution in [2.24, 2.45) is 0 Å². The maximum absolute atomic E-state index is 2.51. The lowest BCUT2D eigenvalue weighted by molar-refractivity contribution is 0.647. The van der Waals surface area contributed by atoms with Crippen LogP contribution in [-0.2, 0) is 18.3 Å². The smallest absolute Gasteiger partial charge is 0.0654 e. The Bertz CT molecular complexity index is 1390. The van der Waals surface area contributed by atoms with E-state index in [1.54, 1.807) is 0 Å². The van der Waals surface area contributed by atoms with Gasteiger partial charge < -0.3 is 0 Å². The van der Waals surface area contributed by atoms with Crippen LogP contribution in [0.2, 0.25) is 0 Å². The highest BCUT2D eigenvalue weighted by Gasteiger charge is 2.48. The lowest BCUT2D eigenvalue weighted by Gasteiger charge is -2.38. The Morgan fingerprint density at radius 2 is 0.805 bits per heavy atom. The van der Waals surface area contributed by atoms with Crippen LogP contribution in [0.25, 0.3) is 11.1 Å². The minimum Gasteiger partial charge on any atom is -0.0654 e. The number of unbranched alkanes of at least 4 members (excludes halogenated alkanes) is 6. The van der Waals surface area contributed by atoms with Gasteiger partial charge in [0, 0.05) is 0 Å². The molecule has 214 valence electrons. The van der Waals surface area contributed by atoms with E-state index in [0.29, 0.717) is 0 Å². The van der Waals surface area contributed by atoms with E-state index in [-0.39, 0.29) is 5.41 Å². The largest absolute Gasteiger partial charge is 0.0719 e. The fourth-order valence-electron chi connectivity index (χ4n) is 7.35. The summed E-state index contributed by atoms with van der Waals surface area (Å²) in [6.07, 6.45) is 12.6. The van der Waals surface area contributed by atoms with E-state index in [4.69, 9.17) is 0 Å². The molecule has 0 bridgehead atoms. The Morgan fingerprint density at radius 3 is 1.22 bits per heavy atom. The highest BCUT2D eigenvalue weighted by molar-refractivity contribution is 5.87. The average Bonchev–Trinajstić information content (AvgIpc) is 3.22. The summed E-state index contributed by atoms with van der Waals surface area (Å²) in [6.45, 7) is 13.7. The molecule has 1 aliphatic rings. The molecule has 4 aromatic carbocycles. The minimum absolute atomic E-state index is 0.315. The van der Waals surface area contributed by atoms with Crippen molar-refractivity contribution in [1.29, 1.82) is 0 Å². The van der Waals surface area contributed by atoms with Gasteiger partial charge in [-0.3, -0.25) is 0 Å². The van der Waals surface area contributed by atoms with Crippen LogP contribution in [0.4, 0.5) is 0 Å². The summed E-state index contributed by atoms with van der Waals surface area (Å²) in [6, 6.07) is 29.1. The molecular formula is C41H50. The third-order valence-corrected chi connectivity index (χ3v) is 9.38. The van der Waals surface area contributed by atoms with Gasteiger partial charge in [0.2, 0.25) is 0 Å². The van der Waals surface area contributed by atoms with Gasteiger partial charge in [0.25, 0.3) is 0 Å². The number of hydrogen-bond donors (Lipinski definition) is 0. The lowest BCUT2D eigenvalue weighted by Crippen LogP contribution is -2.31. The zero-order valence-corrected chi connectivity index (χ0v) is 26.5. The van der Waals surface area contributed by atoms with Crippen LogP contribution in [-0.4, -0.2) is 0 Å². The molecule has 0 spiro atoms. The zero-order valence-electron chi connectivity index (χ0n) is 26.5. The standard InChI is InChI=1S/C41H50/c1-7-9-11-13-15-33-25-29(3)19-23-37(33)41(38-24-20-30(4)26-34(38)16-14-12-10-8-2)39-27-31(5)17-21-35(39)36-22-18-32(6)28-40(36)41/h17-28H,7-16H2,1-6H3. The summed E-state index contributed by atoms with van der Waals surface area (Å²) in [5.74, 6) is 0. The van der Waals surface area contributed by atoms with Crippen LogP contribution >= 0.6 is 0 Å². The first-order valence-corrected chi connectivity index (χ1v) is 16.3. The Morgan fingerprint density at radius 1 is 0.415 bits per heavy atom. The lowest BCUT2D eigenvalue weighted by atomic mass is 9.64. The number of benzene rings is 4. The van der Waals surface area contributed by atoms with Gasteiger partial charge in [-0.2, -0.15) is 0 Å². The van der Waals surface area contributed by atoms with Crippen LogP contribution in [0.15, 0.2) is 72.8 Å². The second-order valence-corrected chi connectivity index (χ2v) is 12.8. The first kappa shape index (κ1) is 29.4. The molecule has 0 atom stereocenters. The van der Waals surface area contributed by atoms with Crippen molar-refractivity contribution in [3.63, 3.8) is 0 Å². The minimum atomic E-state index is -0.315. The van der Waals surface area contributed by atoms with Gasteiger partial charge >= 0.3 is 0 Å². The van der Waals surface area contributed by atoms with Gasteiger partial charge in [-0.15, -0.1) is 0 Å². The summed E-state index contributed by atoms with van der Waals surface area (Å²) >= 11 is 0. The highest BCUT2D eigenvalue weighted by Crippen LogP contribution is 2.58. The molecule has 0 unspecified atom stereocenters. The van der Waals surface area contributed by atoms with E-state index >= 15 is 0 Å². The molecule has 0 N–H and O–H groups in total. The van der Waals surface area contributed by atoms with Crippen molar-refractivity contribution >= 4 is 0 Å². The second kappa shape index (κ2) is 12.8. The molecule has 0 aromatic heterocycles. The Balaban J connectivity index is 1.84. The van der Waals surface area contributed by atoms with Gasteiger partial charge in [-0.05, 0) is 97.9 Å². The molecule has 1 aliphatic carbocycles. The number of aryl methyl sites for hydroxylation is 6. The quantitative estimate of drug-likeness (QED) is 0.138. The van der Waals surface area contributed by atoms with Crippen molar-refractivity contribution in [3.8, 4) is 11.1 Å². The third-order valence-electron chi connectivity index (χ3n) is 9.38. The first-order chi connectivity index (χ1) is 19.9. The summed E-state index contributed by atoms with van der Waals surface area (Å²) in [7, 11) is 0. The topological polar surface area (TPSA) is 0 Å². The highest BCUT2D eigenvalue weighted by atomic mass is 14.5. The molecule has 0 fully saturated rings.